The van der Waals surface area contributed by atoms with Gasteiger partial charge in [-0.2, -0.15) is 0 Å². The molecule has 4 heteroatoms. The Hall–Kier alpha value is -3.14. The second kappa shape index (κ2) is 7.42. The summed E-state index contributed by atoms with van der Waals surface area (Å²) in [5, 5.41) is 0. The van der Waals surface area contributed by atoms with Crippen molar-refractivity contribution >= 4 is 12.4 Å². The summed E-state index contributed by atoms with van der Waals surface area (Å²) in [6.07, 6.45) is 3.93. The number of benzene rings is 2. The summed E-state index contributed by atoms with van der Waals surface area (Å²) in [7, 11) is 0. The van der Waals surface area contributed by atoms with Crippen molar-refractivity contribution in [3.8, 4) is 17.2 Å². The first-order chi connectivity index (χ1) is 11.8. The third-order valence-corrected chi connectivity index (χ3v) is 3.51. The van der Waals surface area contributed by atoms with Gasteiger partial charge in [0.15, 0.2) is 0 Å². The number of carbonyl (C=O) groups is 1. The highest BCUT2D eigenvalue weighted by atomic mass is 16.5. The number of allylic oxidation sites excluding steroid dienone is 1. The maximum absolute atomic E-state index is 10.4. The largest absolute Gasteiger partial charge is 0.487 e. The highest BCUT2D eigenvalue weighted by Gasteiger charge is 2.11. The topological polar surface area (TPSA) is 52.3 Å². The fourth-order valence-electron chi connectivity index (χ4n) is 2.28. The van der Waals surface area contributed by atoms with Crippen molar-refractivity contribution < 1.29 is 13.9 Å². The Kier molecular flexibility index (Phi) is 4.87. The van der Waals surface area contributed by atoms with Crippen LogP contribution >= 0.6 is 0 Å². The molecule has 0 radical (unpaired) electrons. The van der Waals surface area contributed by atoms with Crippen molar-refractivity contribution in [3.63, 3.8) is 0 Å². The van der Waals surface area contributed by atoms with Crippen LogP contribution in [0.25, 0.3) is 17.5 Å². The average molecular weight is 319 g/mol. The Morgan fingerprint density at radius 3 is 2.75 bits per heavy atom. The van der Waals surface area contributed by atoms with Gasteiger partial charge in [-0.1, -0.05) is 36.4 Å². The molecule has 0 unspecified atom stereocenters. The molecule has 0 N–H and O–H groups in total. The molecule has 0 saturated heterocycles. The summed E-state index contributed by atoms with van der Waals surface area (Å²) < 4.78 is 11.5. The lowest BCUT2D eigenvalue weighted by Gasteiger charge is -2.05. The van der Waals surface area contributed by atoms with Crippen molar-refractivity contribution in [1.29, 1.82) is 0 Å². The summed E-state index contributed by atoms with van der Waals surface area (Å²) in [4.78, 5) is 14.9. The van der Waals surface area contributed by atoms with Crippen LogP contribution in [0, 0.1) is 6.92 Å². The van der Waals surface area contributed by atoms with Crippen molar-refractivity contribution in [2.24, 2.45) is 0 Å². The number of rotatable bonds is 6. The number of hydrogen-bond donors (Lipinski definition) is 0. The van der Waals surface area contributed by atoms with Gasteiger partial charge in [0.25, 0.3) is 0 Å². The molecule has 3 aromatic rings. The first kappa shape index (κ1) is 15.7. The predicted octanol–water partition coefficient (Wildman–Crippen LogP) is 4.44. The summed E-state index contributed by atoms with van der Waals surface area (Å²) in [6, 6.07) is 17.3. The number of hydrogen-bond acceptors (Lipinski definition) is 4. The number of aryl methyl sites for hydroxylation is 1. The van der Waals surface area contributed by atoms with Gasteiger partial charge in [-0.3, -0.25) is 4.79 Å². The van der Waals surface area contributed by atoms with Crippen molar-refractivity contribution in [1.82, 2.24) is 4.98 Å². The Morgan fingerprint density at radius 2 is 1.96 bits per heavy atom. The van der Waals surface area contributed by atoms with Crippen LogP contribution in [0.3, 0.4) is 0 Å². The highest BCUT2D eigenvalue weighted by Crippen LogP contribution is 2.23. The van der Waals surface area contributed by atoms with E-state index in [4.69, 9.17) is 9.15 Å². The van der Waals surface area contributed by atoms with E-state index in [-0.39, 0.29) is 0 Å². The lowest BCUT2D eigenvalue weighted by molar-refractivity contribution is -0.104. The standard InChI is InChI=1S/C20H17NO3/c1-15-19(21-20(24-15)17-9-3-2-4-10-17)14-23-18-11-5-7-16(13-18)8-6-12-22/h2-13H,14H2,1H3. The Balaban J connectivity index is 1.72. The van der Waals surface area contributed by atoms with Gasteiger partial charge in [-0.15, -0.1) is 0 Å². The molecule has 0 saturated carbocycles. The molecule has 0 aliphatic carbocycles. The molecule has 0 bridgehead atoms. The predicted molar refractivity (Wildman–Crippen MR) is 92.5 cm³/mol. The van der Waals surface area contributed by atoms with E-state index in [2.05, 4.69) is 4.98 Å². The summed E-state index contributed by atoms with van der Waals surface area (Å²) in [5.74, 6) is 2.05. The maximum atomic E-state index is 10.4. The van der Waals surface area contributed by atoms with Gasteiger partial charge in [0.2, 0.25) is 5.89 Å². The van der Waals surface area contributed by atoms with Crippen molar-refractivity contribution in [3.05, 3.63) is 77.7 Å². The molecule has 1 heterocycles. The molecule has 0 aliphatic rings. The minimum Gasteiger partial charge on any atom is -0.487 e. The highest BCUT2D eigenvalue weighted by molar-refractivity contribution is 5.74. The second-order valence-corrected chi connectivity index (χ2v) is 5.24. The number of oxazole rings is 1. The fourth-order valence-corrected chi connectivity index (χ4v) is 2.28. The molecule has 0 aliphatic heterocycles. The Bertz CT molecular complexity index is 850. The zero-order chi connectivity index (χ0) is 16.8. The summed E-state index contributed by atoms with van der Waals surface area (Å²) in [6.45, 7) is 2.20. The van der Waals surface area contributed by atoms with Crippen LogP contribution in [0.1, 0.15) is 17.0 Å². The zero-order valence-electron chi connectivity index (χ0n) is 13.3. The van der Waals surface area contributed by atoms with E-state index in [1.165, 1.54) is 6.08 Å². The van der Waals surface area contributed by atoms with E-state index in [9.17, 15) is 4.79 Å². The third kappa shape index (κ3) is 3.79. The number of nitrogens with zero attached hydrogens (tertiary/aromatic N) is 1. The van der Waals surface area contributed by atoms with Crippen LogP contribution in [-0.4, -0.2) is 11.3 Å². The molecular weight excluding hydrogens is 302 g/mol. The number of aromatic nitrogens is 1. The molecule has 0 spiro atoms. The van der Waals surface area contributed by atoms with Crippen LogP contribution in [0.15, 0.2) is 65.1 Å². The summed E-state index contributed by atoms with van der Waals surface area (Å²) in [5.41, 5.74) is 2.61. The van der Waals surface area contributed by atoms with E-state index in [0.717, 1.165) is 28.9 Å². The van der Waals surface area contributed by atoms with E-state index < -0.39 is 0 Å². The smallest absolute Gasteiger partial charge is 0.226 e. The van der Waals surface area contributed by atoms with E-state index in [0.29, 0.717) is 18.2 Å². The first-order valence-electron chi connectivity index (χ1n) is 7.62. The van der Waals surface area contributed by atoms with Gasteiger partial charge < -0.3 is 9.15 Å². The monoisotopic (exact) mass is 319 g/mol. The first-order valence-corrected chi connectivity index (χ1v) is 7.62. The second-order valence-electron chi connectivity index (χ2n) is 5.24. The zero-order valence-corrected chi connectivity index (χ0v) is 13.3. The summed E-state index contributed by atoms with van der Waals surface area (Å²) >= 11 is 0. The fraction of sp³-hybridized carbons (Fsp3) is 0.100. The molecular formula is C20H17NO3. The van der Waals surface area contributed by atoms with Crippen LogP contribution in [0.2, 0.25) is 0 Å². The molecule has 3 rings (SSSR count). The lowest BCUT2D eigenvalue weighted by atomic mass is 10.2. The minimum absolute atomic E-state index is 0.322. The molecule has 4 nitrogen and oxygen atoms in total. The van der Waals surface area contributed by atoms with Crippen LogP contribution in [0.5, 0.6) is 5.75 Å². The van der Waals surface area contributed by atoms with Gasteiger partial charge in [0.1, 0.15) is 30.1 Å². The molecule has 0 amide bonds. The SMILES string of the molecule is Cc1oc(-c2ccccc2)nc1COc1cccc(C=CC=O)c1. The average Bonchev–Trinajstić information content (AvgIpc) is 3.00. The Morgan fingerprint density at radius 1 is 1.12 bits per heavy atom. The van der Waals surface area contributed by atoms with Gasteiger partial charge in [-0.05, 0) is 42.8 Å². The number of carbonyl (C=O) groups excluding carboxylic acids is 1. The molecule has 2 aromatic carbocycles. The third-order valence-electron chi connectivity index (χ3n) is 3.51. The van der Waals surface area contributed by atoms with Gasteiger partial charge >= 0.3 is 0 Å². The number of ether oxygens (including phenoxy) is 1. The van der Waals surface area contributed by atoms with Crippen LogP contribution in [0.4, 0.5) is 0 Å². The maximum Gasteiger partial charge on any atom is 0.226 e. The Labute approximate surface area is 140 Å². The minimum atomic E-state index is 0.322. The van der Waals surface area contributed by atoms with Crippen molar-refractivity contribution in [2.75, 3.05) is 0 Å². The van der Waals surface area contributed by atoms with Gasteiger partial charge in [0.05, 0.1) is 0 Å². The van der Waals surface area contributed by atoms with E-state index >= 15 is 0 Å². The molecule has 0 fully saturated rings. The lowest BCUT2D eigenvalue weighted by Crippen LogP contribution is -1.97. The van der Waals surface area contributed by atoms with Crippen LogP contribution < -0.4 is 4.74 Å². The van der Waals surface area contributed by atoms with Crippen LogP contribution in [-0.2, 0) is 11.4 Å². The van der Waals surface area contributed by atoms with Crippen molar-refractivity contribution in [2.45, 2.75) is 13.5 Å². The van der Waals surface area contributed by atoms with Gasteiger partial charge in [0, 0.05) is 5.56 Å². The van der Waals surface area contributed by atoms with E-state index in [1.807, 2.05) is 61.5 Å². The quantitative estimate of drug-likeness (QED) is 0.498. The molecule has 120 valence electrons. The normalized spacial score (nSPS) is 10.9. The molecule has 24 heavy (non-hydrogen) atoms. The number of aldehydes is 1. The van der Waals surface area contributed by atoms with E-state index in [1.54, 1.807) is 6.08 Å². The molecule has 1 aromatic heterocycles. The molecule has 0 atom stereocenters. The van der Waals surface area contributed by atoms with Gasteiger partial charge in [-0.25, -0.2) is 4.98 Å².